The Labute approximate surface area is 230 Å². The number of nitrogens with zero attached hydrogens (tertiary/aromatic N) is 2. The van der Waals surface area contributed by atoms with E-state index in [1.165, 1.54) is 33.6 Å². The van der Waals surface area contributed by atoms with E-state index in [0.29, 0.717) is 0 Å². The number of anilines is 1. The maximum atomic E-state index is 6.03. The molecule has 2 aromatic rings. The molecule has 0 bridgehead atoms. The Morgan fingerprint density at radius 2 is 1.68 bits per heavy atom. The van der Waals surface area contributed by atoms with E-state index in [-0.39, 0.29) is 51.4 Å². The van der Waals surface area contributed by atoms with Crippen molar-refractivity contribution in [3.63, 3.8) is 0 Å². The second-order valence-corrected chi connectivity index (χ2v) is 7.22. The minimum absolute atomic E-state index is 0. The van der Waals surface area contributed by atoms with Crippen molar-refractivity contribution in [1.82, 2.24) is 0 Å². The Kier molecular flexibility index (Phi) is 9.98. The molecular formula is C27H33KN3+. The first-order chi connectivity index (χ1) is 14.7. The van der Waals surface area contributed by atoms with Crippen LogP contribution in [-0.2, 0) is 6.42 Å². The van der Waals surface area contributed by atoms with E-state index in [2.05, 4.69) is 72.3 Å². The molecule has 0 spiro atoms. The van der Waals surface area contributed by atoms with Crippen LogP contribution in [0.5, 0.6) is 0 Å². The van der Waals surface area contributed by atoms with Gasteiger partial charge >= 0.3 is 51.4 Å². The minimum atomic E-state index is 0. The monoisotopic (exact) mass is 438 g/mol. The smallest absolute Gasteiger partial charge is 0.686 e. The molecule has 0 unspecified atom stereocenters. The minimum Gasteiger partial charge on any atom is -0.686 e. The normalized spacial score (nSPS) is 13.8. The van der Waals surface area contributed by atoms with Crippen LogP contribution in [0.3, 0.4) is 0 Å². The molecule has 4 heteroatoms. The largest absolute Gasteiger partial charge is 1.00 e. The Morgan fingerprint density at radius 3 is 2.35 bits per heavy atom. The van der Waals surface area contributed by atoms with Crippen LogP contribution < -0.4 is 57.1 Å². The summed E-state index contributed by atoms with van der Waals surface area (Å²) in [5.41, 5.74) is 16.7. The summed E-state index contributed by atoms with van der Waals surface area (Å²) in [5, 5.41) is 4.52. The summed E-state index contributed by atoms with van der Waals surface area (Å²) in [7, 11) is 1.83. The number of benzene rings is 2. The SMILES string of the molecule is CC.CC[N+](CC)=C1C=CC2=C(c3ccc(N)cc3[N-]C)c3ccccc3CC2=C1.[K+]. The van der Waals surface area contributed by atoms with Gasteiger partial charge in [0, 0.05) is 17.8 Å². The van der Waals surface area contributed by atoms with Crippen molar-refractivity contribution >= 4 is 22.7 Å². The summed E-state index contributed by atoms with van der Waals surface area (Å²) in [4.78, 5) is 0. The molecule has 2 N–H and O–H groups in total. The number of rotatable bonds is 4. The van der Waals surface area contributed by atoms with E-state index >= 15 is 0 Å². The molecule has 2 aliphatic rings. The molecule has 0 atom stereocenters. The van der Waals surface area contributed by atoms with Gasteiger partial charge in [0.15, 0.2) is 5.71 Å². The number of hydrogen-bond acceptors (Lipinski definition) is 1. The van der Waals surface area contributed by atoms with Crippen molar-refractivity contribution in [2.24, 2.45) is 0 Å². The van der Waals surface area contributed by atoms with Crippen LogP contribution >= 0.6 is 0 Å². The number of nitrogen functional groups attached to an aromatic ring is 1. The van der Waals surface area contributed by atoms with Crippen LogP contribution in [0, 0.1) is 0 Å². The molecule has 0 aromatic heterocycles. The third-order valence-corrected chi connectivity index (χ3v) is 5.69. The van der Waals surface area contributed by atoms with E-state index in [9.17, 15) is 0 Å². The van der Waals surface area contributed by atoms with E-state index in [4.69, 9.17) is 5.73 Å². The van der Waals surface area contributed by atoms with E-state index in [1.807, 2.05) is 33.0 Å². The first kappa shape index (κ1) is 25.8. The van der Waals surface area contributed by atoms with Crippen LogP contribution in [-0.4, -0.2) is 30.4 Å². The van der Waals surface area contributed by atoms with Gasteiger partial charge in [-0.25, -0.2) is 4.58 Å². The molecule has 0 aliphatic heterocycles. The van der Waals surface area contributed by atoms with Gasteiger partial charge in [-0.2, -0.15) is 0 Å². The first-order valence-corrected chi connectivity index (χ1v) is 11.0. The summed E-state index contributed by atoms with van der Waals surface area (Å²) >= 11 is 0. The standard InChI is InChI=1S/C25H26N3.C2H6.K/c1-4-28(5-2)20-11-13-22-18(15-20)14-17-8-6-7-9-21(17)25(22)23-12-10-19(26)16-24(23)27-3;1-2;/h6-13,15-16H,4-5,14H2,1-3H3,(H-,26,27);1-2H3;/q-1;;+1/p+1. The van der Waals surface area contributed by atoms with Gasteiger partial charge in [0.05, 0.1) is 0 Å². The number of allylic oxidation sites excluding steroid dienone is 5. The first-order valence-electron chi connectivity index (χ1n) is 11.0. The fourth-order valence-electron chi connectivity index (χ4n) is 4.26. The Hall–Kier alpha value is -1.43. The van der Waals surface area contributed by atoms with Crippen LogP contribution in [0.15, 0.2) is 71.8 Å². The van der Waals surface area contributed by atoms with Crippen molar-refractivity contribution in [2.75, 3.05) is 25.9 Å². The molecule has 31 heavy (non-hydrogen) atoms. The van der Waals surface area contributed by atoms with Gasteiger partial charge in [0.1, 0.15) is 13.1 Å². The van der Waals surface area contributed by atoms with E-state index < -0.39 is 0 Å². The summed E-state index contributed by atoms with van der Waals surface area (Å²) in [5.74, 6) is 0. The third-order valence-electron chi connectivity index (χ3n) is 5.69. The third kappa shape index (κ3) is 5.32. The van der Waals surface area contributed by atoms with E-state index in [0.717, 1.165) is 36.4 Å². The molecule has 0 fully saturated rings. The predicted octanol–water partition coefficient (Wildman–Crippen LogP) is 3.28. The molecule has 0 saturated carbocycles. The summed E-state index contributed by atoms with van der Waals surface area (Å²) < 4.78 is 2.40. The fraction of sp³-hybridized carbons (Fsp3) is 0.296. The van der Waals surface area contributed by atoms with Gasteiger partial charge in [-0.1, -0.05) is 50.2 Å². The molecule has 4 rings (SSSR count). The maximum absolute atomic E-state index is 6.03. The summed E-state index contributed by atoms with van der Waals surface area (Å²) in [6.07, 6.45) is 7.85. The average Bonchev–Trinajstić information content (AvgIpc) is 2.79. The van der Waals surface area contributed by atoms with Crippen LogP contribution in [0.4, 0.5) is 11.4 Å². The van der Waals surface area contributed by atoms with Gasteiger partial charge in [-0.15, -0.1) is 12.7 Å². The molecule has 3 nitrogen and oxygen atoms in total. The molecular weight excluding hydrogens is 405 g/mol. The van der Waals surface area contributed by atoms with E-state index in [1.54, 1.807) is 0 Å². The quantitative estimate of drug-likeness (QED) is 0.444. The molecule has 156 valence electrons. The zero-order valence-corrected chi connectivity index (χ0v) is 23.0. The molecule has 0 saturated heterocycles. The molecule has 2 aliphatic carbocycles. The van der Waals surface area contributed by atoms with Gasteiger partial charge in [0.2, 0.25) is 0 Å². The van der Waals surface area contributed by atoms with Crippen LogP contribution in [0.1, 0.15) is 44.4 Å². The molecule has 0 amide bonds. The van der Waals surface area contributed by atoms with Gasteiger partial charge in [-0.3, -0.25) is 0 Å². The van der Waals surface area contributed by atoms with Crippen molar-refractivity contribution in [3.05, 3.63) is 93.8 Å². The maximum Gasteiger partial charge on any atom is 1.00 e. The predicted molar refractivity (Wildman–Crippen MR) is 131 cm³/mol. The number of nitrogens with two attached hydrogens (primary N) is 1. The van der Waals surface area contributed by atoms with Gasteiger partial charge < -0.3 is 11.1 Å². The van der Waals surface area contributed by atoms with Gasteiger partial charge in [-0.05, 0) is 65.8 Å². The van der Waals surface area contributed by atoms with Crippen molar-refractivity contribution in [3.8, 4) is 0 Å². The second-order valence-electron chi connectivity index (χ2n) is 7.22. The van der Waals surface area contributed by atoms with Crippen molar-refractivity contribution in [2.45, 2.75) is 34.1 Å². The van der Waals surface area contributed by atoms with Crippen LogP contribution in [0.2, 0.25) is 0 Å². The zero-order valence-electron chi connectivity index (χ0n) is 19.9. The van der Waals surface area contributed by atoms with Crippen LogP contribution in [0.25, 0.3) is 10.9 Å². The van der Waals surface area contributed by atoms with Crippen molar-refractivity contribution < 1.29 is 56.0 Å². The summed E-state index contributed by atoms with van der Waals surface area (Å²) in [6, 6.07) is 14.8. The van der Waals surface area contributed by atoms with Crippen molar-refractivity contribution in [1.29, 1.82) is 0 Å². The fourth-order valence-corrected chi connectivity index (χ4v) is 4.26. The second kappa shape index (κ2) is 12.0. The molecule has 0 heterocycles. The summed E-state index contributed by atoms with van der Waals surface area (Å²) in [6.45, 7) is 10.4. The average molecular weight is 439 g/mol. The topological polar surface area (TPSA) is 43.1 Å². The Morgan fingerprint density at radius 1 is 0.968 bits per heavy atom. The molecule has 2 aromatic carbocycles. The Balaban J connectivity index is 0.00000111. The Bertz CT molecular complexity index is 1050. The van der Waals surface area contributed by atoms with Gasteiger partial charge in [0.25, 0.3) is 0 Å². The zero-order chi connectivity index (χ0) is 21.7. The number of hydrogen-bond donors (Lipinski definition) is 1. The molecule has 0 radical (unpaired) electrons. The number of fused-ring (bicyclic) bond motifs is 2.